The summed E-state index contributed by atoms with van der Waals surface area (Å²) in [5.74, 6) is 0.797. The van der Waals surface area contributed by atoms with E-state index < -0.39 is 0 Å². The average Bonchev–Trinajstić information content (AvgIpc) is 3.18. The maximum atomic E-state index is 4.20. The summed E-state index contributed by atoms with van der Waals surface area (Å²) in [5.41, 5.74) is 5.04. The van der Waals surface area contributed by atoms with Crippen molar-refractivity contribution in [3.05, 3.63) is 66.0 Å². The van der Waals surface area contributed by atoms with Crippen LogP contribution in [0.2, 0.25) is 0 Å². The molecule has 4 heteroatoms. The van der Waals surface area contributed by atoms with Gasteiger partial charge in [0.2, 0.25) is 0 Å². The van der Waals surface area contributed by atoms with Crippen LogP contribution in [0.15, 0.2) is 54.9 Å². The second-order valence-electron chi connectivity index (χ2n) is 5.35. The van der Waals surface area contributed by atoms with Crippen LogP contribution >= 0.6 is 0 Å². The minimum atomic E-state index is 0.395. The Bertz CT molecular complexity index is 749. The van der Waals surface area contributed by atoms with Crippen LogP contribution < -0.4 is 5.32 Å². The Hall–Kier alpha value is -2.62. The summed E-state index contributed by atoms with van der Waals surface area (Å²) in [6.45, 7) is 0. The van der Waals surface area contributed by atoms with Gasteiger partial charge in [-0.3, -0.25) is 5.10 Å². The highest BCUT2D eigenvalue weighted by Gasteiger charge is 2.21. The monoisotopic (exact) mass is 276 g/mol. The fourth-order valence-corrected chi connectivity index (χ4v) is 3.01. The smallest absolute Gasteiger partial charge is 0.155 e. The molecule has 104 valence electrons. The summed E-state index contributed by atoms with van der Waals surface area (Å²) < 4.78 is 0. The number of anilines is 1. The molecule has 1 aliphatic carbocycles. The quantitative estimate of drug-likeness (QED) is 0.769. The Morgan fingerprint density at radius 2 is 2.05 bits per heavy atom. The maximum Gasteiger partial charge on any atom is 0.155 e. The van der Waals surface area contributed by atoms with E-state index in [0.29, 0.717) is 6.04 Å². The largest absolute Gasteiger partial charge is 0.378 e. The van der Waals surface area contributed by atoms with Gasteiger partial charge in [-0.25, -0.2) is 4.98 Å². The van der Waals surface area contributed by atoms with Crippen LogP contribution in [0.25, 0.3) is 11.4 Å². The van der Waals surface area contributed by atoms with Gasteiger partial charge in [0, 0.05) is 11.3 Å². The lowest BCUT2D eigenvalue weighted by molar-refractivity contribution is 0.762. The minimum Gasteiger partial charge on any atom is -0.378 e. The zero-order valence-corrected chi connectivity index (χ0v) is 11.6. The Labute approximate surface area is 123 Å². The highest BCUT2D eigenvalue weighted by Crippen LogP contribution is 2.34. The van der Waals surface area contributed by atoms with Gasteiger partial charge in [-0.2, -0.15) is 5.10 Å². The van der Waals surface area contributed by atoms with Crippen molar-refractivity contribution in [1.82, 2.24) is 15.2 Å². The van der Waals surface area contributed by atoms with Crippen molar-refractivity contribution >= 4 is 5.69 Å². The highest BCUT2D eigenvalue weighted by molar-refractivity contribution is 5.62. The second kappa shape index (κ2) is 5.05. The third kappa shape index (κ3) is 2.29. The van der Waals surface area contributed by atoms with Gasteiger partial charge in [-0.1, -0.05) is 36.4 Å². The molecule has 2 N–H and O–H groups in total. The number of aromatic amines is 1. The summed E-state index contributed by atoms with van der Waals surface area (Å²) in [4.78, 5) is 4.20. The first kappa shape index (κ1) is 12.1. The summed E-state index contributed by atoms with van der Waals surface area (Å²) >= 11 is 0. The number of hydrogen-bond donors (Lipinski definition) is 2. The molecule has 0 radical (unpaired) electrons. The Morgan fingerprint density at radius 3 is 2.95 bits per heavy atom. The van der Waals surface area contributed by atoms with Crippen LogP contribution in [0, 0.1) is 0 Å². The van der Waals surface area contributed by atoms with Crippen molar-refractivity contribution in [2.75, 3.05) is 5.32 Å². The molecule has 0 aliphatic heterocycles. The first-order valence-corrected chi connectivity index (χ1v) is 7.20. The number of hydrogen-bond acceptors (Lipinski definition) is 3. The molecule has 3 aromatic rings. The number of nitrogens with zero attached hydrogens (tertiary/aromatic N) is 2. The predicted molar refractivity (Wildman–Crippen MR) is 82.9 cm³/mol. The molecule has 1 aromatic heterocycles. The number of rotatable bonds is 3. The van der Waals surface area contributed by atoms with Crippen LogP contribution in [0.4, 0.5) is 5.69 Å². The first-order chi connectivity index (χ1) is 10.4. The molecule has 0 fully saturated rings. The topological polar surface area (TPSA) is 53.6 Å². The van der Waals surface area contributed by atoms with Gasteiger partial charge in [-0.05, 0) is 36.1 Å². The van der Waals surface area contributed by atoms with E-state index in [-0.39, 0.29) is 0 Å². The molecule has 1 atom stereocenters. The van der Waals surface area contributed by atoms with Gasteiger partial charge < -0.3 is 5.32 Å². The first-order valence-electron chi connectivity index (χ1n) is 7.20. The van der Waals surface area contributed by atoms with Gasteiger partial charge >= 0.3 is 0 Å². The van der Waals surface area contributed by atoms with E-state index in [1.165, 1.54) is 17.5 Å². The van der Waals surface area contributed by atoms with E-state index in [1.807, 2.05) is 12.1 Å². The standard InChI is InChI=1S/C17H16N4/c1-2-7-15-12(4-1)8-9-16(15)20-14-6-3-5-13(10-14)17-18-11-19-21-17/h1-7,10-11,16,20H,8-9H2,(H,18,19,21). The van der Waals surface area contributed by atoms with Crippen molar-refractivity contribution in [2.45, 2.75) is 18.9 Å². The van der Waals surface area contributed by atoms with Crippen molar-refractivity contribution in [2.24, 2.45) is 0 Å². The number of benzene rings is 2. The minimum absolute atomic E-state index is 0.395. The molecule has 0 saturated carbocycles. The number of fused-ring (bicyclic) bond motifs is 1. The van der Waals surface area contributed by atoms with Gasteiger partial charge in [0.15, 0.2) is 5.82 Å². The number of nitrogens with one attached hydrogen (secondary N) is 2. The van der Waals surface area contributed by atoms with Crippen molar-refractivity contribution < 1.29 is 0 Å². The van der Waals surface area contributed by atoms with E-state index in [4.69, 9.17) is 0 Å². The summed E-state index contributed by atoms with van der Waals surface area (Å²) in [6, 6.07) is 17.4. The Morgan fingerprint density at radius 1 is 1.10 bits per heavy atom. The molecule has 0 saturated heterocycles. The third-order valence-electron chi connectivity index (χ3n) is 4.02. The molecular formula is C17H16N4. The van der Waals surface area contributed by atoms with Crippen molar-refractivity contribution in [1.29, 1.82) is 0 Å². The van der Waals surface area contributed by atoms with E-state index >= 15 is 0 Å². The molecule has 4 rings (SSSR count). The molecular weight excluding hydrogens is 260 g/mol. The predicted octanol–water partition coefficient (Wildman–Crippen LogP) is 3.57. The van der Waals surface area contributed by atoms with Crippen LogP contribution in [-0.4, -0.2) is 15.2 Å². The fourth-order valence-electron chi connectivity index (χ4n) is 3.01. The lowest BCUT2D eigenvalue weighted by Crippen LogP contribution is -2.06. The third-order valence-corrected chi connectivity index (χ3v) is 4.02. The SMILES string of the molecule is c1cc(NC2CCc3ccccc32)cc(-c2ncn[nH]2)c1. The van der Waals surface area contributed by atoms with Crippen LogP contribution in [0.3, 0.4) is 0 Å². The normalized spacial score (nSPS) is 16.7. The number of aryl methyl sites for hydroxylation is 1. The van der Waals surface area contributed by atoms with Gasteiger partial charge in [0.05, 0.1) is 6.04 Å². The fraction of sp³-hybridized carbons (Fsp3) is 0.176. The van der Waals surface area contributed by atoms with Crippen LogP contribution in [-0.2, 0) is 6.42 Å². The molecule has 1 unspecified atom stereocenters. The van der Waals surface area contributed by atoms with Gasteiger partial charge in [0.25, 0.3) is 0 Å². The number of H-pyrrole nitrogens is 1. The van der Waals surface area contributed by atoms with E-state index in [0.717, 1.165) is 29.9 Å². The Kier molecular flexibility index (Phi) is 2.92. The zero-order chi connectivity index (χ0) is 14.1. The van der Waals surface area contributed by atoms with Gasteiger partial charge in [-0.15, -0.1) is 0 Å². The molecule has 0 amide bonds. The van der Waals surface area contributed by atoms with Crippen molar-refractivity contribution in [3.8, 4) is 11.4 Å². The van der Waals surface area contributed by atoms with Gasteiger partial charge in [0.1, 0.15) is 6.33 Å². The Balaban J connectivity index is 1.60. The second-order valence-corrected chi connectivity index (χ2v) is 5.35. The molecule has 0 spiro atoms. The van der Waals surface area contributed by atoms with E-state index in [1.54, 1.807) is 0 Å². The molecule has 0 bridgehead atoms. The average molecular weight is 276 g/mol. The van der Waals surface area contributed by atoms with Crippen molar-refractivity contribution in [3.63, 3.8) is 0 Å². The molecule has 4 nitrogen and oxygen atoms in total. The molecule has 1 heterocycles. The highest BCUT2D eigenvalue weighted by atomic mass is 15.2. The zero-order valence-electron chi connectivity index (χ0n) is 11.6. The summed E-state index contributed by atoms with van der Waals surface area (Å²) in [6.07, 6.45) is 3.82. The lowest BCUT2D eigenvalue weighted by Gasteiger charge is -2.16. The molecule has 1 aliphatic rings. The van der Waals surface area contributed by atoms with E-state index in [9.17, 15) is 0 Å². The summed E-state index contributed by atoms with van der Waals surface area (Å²) in [7, 11) is 0. The van der Waals surface area contributed by atoms with Crippen LogP contribution in [0.1, 0.15) is 23.6 Å². The van der Waals surface area contributed by atoms with Crippen LogP contribution in [0.5, 0.6) is 0 Å². The molecule has 21 heavy (non-hydrogen) atoms. The molecule has 2 aromatic carbocycles. The summed E-state index contributed by atoms with van der Waals surface area (Å²) in [5, 5.41) is 10.4. The number of aromatic nitrogens is 3. The lowest BCUT2D eigenvalue weighted by atomic mass is 10.1. The van der Waals surface area contributed by atoms with E-state index in [2.05, 4.69) is 56.9 Å². The maximum absolute atomic E-state index is 4.20.